The standard InChI is InChI=1S/C15H18N4O3/c1-9(2)22-11-6-4-10(5-7-11)13-8-12(14(20)17-16)15(21)19(3)18-13/h4-9H,16H2,1-3H3,(H,17,20). The molecule has 0 unspecified atom stereocenters. The van der Waals surface area contributed by atoms with Crippen LogP contribution in [0.25, 0.3) is 11.3 Å². The van der Waals surface area contributed by atoms with E-state index in [1.807, 2.05) is 43.5 Å². The normalized spacial score (nSPS) is 10.6. The molecular formula is C15H18N4O3. The monoisotopic (exact) mass is 302 g/mol. The summed E-state index contributed by atoms with van der Waals surface area (Å²) < 4.78 is 6.68. The van der Waals surface area contributed by atoms with Gasteiger partial charge in [0.25, 0.3) is 11.5 Å². The molecule has 2 aromatic rings. The molecule has 0 saturated heterocycles. The first-order chi connectivity index (χ1) is 10.4. The molecule has 7 nitrogen and oxygen atoms in total. The number of nitrogen functional groups attached to an aromatic ring is 1. The summed E-state index contributed by atoms with van der Waals surface area (Å²) in [5.74, 6) is 5.18. The zero-order chi connectivity index (χ0) is 16.3. The van der Waals surface area contributed by atoms with Crippen molar-refractivity contribution in [1.82, 2.24) is 15.2 Å². The van der Waals surface area contributed by atoms with Crippen LogP contribution in [-0.4, -0.2) is 21.8 Å². The van der Waals surface area contributed by atoms with E-state index in [9.17, 15) is 9.59 Å². The van der Waals surface area contributed by atoms with Crippen LogP contribution in [0.3, 0.4) is 0 Å². The minimum Gasteiger partial charge on any atom is -0.491 e. The van der Waals surface area contributed by atoms with E-state index in [4.69, 9.17) is 10.6 Å². The Kier molecular flexibility index (Phi) is 4.57. The highest BCUT2D eigenvalue weighted by Crippen LogP contribution is 2.21. The molecule has 0 radical (unpaired) electrons. The summed E-state index contributed by atoms with van der Waals surface area (Å²) in [5.41, 5.74) is 2.65. The smallest absolute Gasteiger partial charge is 0.279 e. The minimum absolute atomic E-state index is 0.0579. The molecule has 0 fully saturated rings. The van der Waals surface area contributed by atoms with E-state index in [0.717, 1.165) is 16.0 Å². The van der Waals surface area contributed by atoms with Gasteiger partial charge in [-0.3, -0.25) is 15.0 Å². The number of hydrogen-bond donors (Lipinski definition) is 2. The Labute approximate surface area is 127 Å². The summed E-state index contributed by atoms with van der Waals surface area (Å²) in [4.78, 5) is 23.5. The number of hydrazine groups is 1. The van der Waals surface area contributed by atoms with Gasteiger partial charge in [0, 0.05) is 12.6 Å². The largest absolute Gasteiger partial charge is 0.491 e. The van der Waals surface area contributed by atoms with Gasteiger partial charge in [-0.2, -0.15) is 5.10 Å². The number of amides is 1. The third-order valence-electron chi connectivity index (χ3n) is 2.96. The maximum absolute atomic E-state index is 11.9. The Balaban J connectivity index is 2.42. The van der Waals surface area contributed by atoms with Crippen molar-refractivity contribution in [1.29, 1.82) is 0 Å². The molecule has 0 aliphatic rings. The van der Waals surface area contributed by atoms with Gasteiger partial charge in [0.2, 0.25) is 0 Å². The lowest BCUT2D eigenvalue weighted by atomic mass is 10.1. The van der Waals surface area contributed by atoms with Crippen LogP contribution in [0.4, 0.5) is 0 Å². The SMILES string of the molecule is CC(C)Oc1ccc(-c2cc(C(=O)NN)c(=O)n(C)n2)cc1. The van der Waals surface area contributed by atoms with Crippen LogP contribution in [0.15, 0.2) is 35.1 Å². The number of rotatable bonds is 4. The van der Waals surface area contributed by atoms with Gasteiger partial charge in [-0.25, -0.2) is 10.5 Å². The van der Waals surface area contributed by atoms with Crippen molar-refractivity contribution >= 4 is 5.91 Å². The molecule has 0 atom stereocenters. The summed E-state index contributed by atoms with van der Waals surface area (Å²) in [6, 6.07) is 8.67. The van der Waals surface area contributed by atoms with Crippen LogP contribution in [0.1, 0.15) is 24.2 Å². The second-order valence-corrected chi connectivity index (χ2v) is 5.04. The number of hydrogen-bond acceptors (Lipinski definition) is 5. The van der Waals surface area contributed by atoms with Crippen LogP contribution < -0.4 is 21.6 Å². The fourth-order valence-corrected chi connectivity index (χ4v) is 1.97. The lowest BCUT2D eigenvalue weighted by Gasteiger charge is -2.10. The lowest BCUT2D eigenvalue weighted by molar-refractivity contribution is 0.0951. The summed E-state index contributed by atoms with van der Waals surface area (Å²) in [5, 5.41) is 4.15. The maximum atomic E-state index is 11.9. The lowest BCUT2D eigenvalue weighted by Crippen LogP contribution is -2.36. The van der Waals surface area contributed by atoms with Crippen molar-refractivity contribution in [2.45, 2.75) is 20.0 Å². The van der Waals surface area contributed by atoms with Gasteiger partial charge >= 0.3 is 0 Å². The van der Waals surface area contributed by atoms with E-state index in [2.05, 4.69) is 5.10 Å². The Morgan fingerprint density at radius 2 is 1.95 bits per heavy atom. The number of ether oxygens (including phenoxy) is 1. The van der Waals surface area contributed by atoms with Gasteiger partial charge in [-0.15, -0.1) is 0 Å². The summed E-state index contributed by atoms with van der Waals surface area (Å²) in [7, 11) is 1.48. The first-order valence-corrected chi connectivity index (χ1v) is 6.78. The molecule has 0 aliphatic heterocycles. The zero-order valence-corrected chi connectivity index (χ0v) is 12.7. The van der Waals surface area contributed by atoms with Crippen LogP contribution in [0.5, 0.6) is 5.75 Å². The topological polar surface area (TPSA) is 99.2 Å². The van der Waals surface area contributed by atoms with E-state index in [0.29, 0.717) is 5.69 Å². The van der Waals surface area contributed by atoms with Gasteiger partial charge in [0.1, 0.15) is 11.3 Å². The van der Waals surface area contributed by atoms with Crippen molar-refractivity contribution in [3.05, 3.63) is 46.2 Å². The second-order valence-electron chi connectivity index (χ2n) is 5.04. The fraction of sp³-hybridized carbons (Fsp3) is 0.267. The average molecular weight is 302 g/mol. The number of carbonyl (C=O) groups is 1. The predicted molar refractivity (Wildman–Crippen MR) is 82.3 cm³/mol. The molecule has 1 aromatic heterocycles. The number of carbonyl (C=O) groups excluding carboxylic acids is 1. The number of benzene rings is 1. The minimum atomic E-state index is -0.649. The Morgan fingerprint density at radius 3 is 2.50 bits per heavy atom. The van der Waals surface area contributed by atoms with Crippen molar-refractivity contribution < 1.29 is 9.53 Å². The third-order valence-corrected chi connectivity index (χ3v) is 2.96. The number of nitrogens with two attached hydrogens (primary N) is 1. The molecule has 1 aromatic carbocycles. The Hall–Kier alpha value is -2.67. The van der Waals surface area contributed by atoms with E-state index >= 15 is 0 Å². The quantitative estimate of drug-likeness (QED) is 0.495. The number of aromatic nitrogens is 2. The number of nitrogens with zero attached hydrogens (tertiary/aromatic N) is 2. The highest BCUT2D eigenvalue weighted by molar-refractivity contribution is 5.94. The molecule has 1 heterocycles. The highest BCUT2D eigenvalue weighted by atomic mass is 16.5. The van der Waals surface area contributed by atoms with Gasteiger partial charge in [-0.1, -0.05) is 0 Å². The molecule has 2 rings (SSSR count). The number of aryl methyl sites for hydroxylation is 1. The molecule has 3 N–H and O–H groups in total. The molecule has 0 spiro atoms. The molecule has 0 bridgehead atoms. The van der Waals surface area contributed by atoms with Crippen LogP contribution in [0, 0.1) is 0 Å². The first kappa shape index (κ1) is 15.7. The maximum Gasteiger partial charge on any atom is 0.279 e. The molecule has 116 valence electrons. The second kappa shape index (κ2) is 6.40. The summed E-state index contributed by atoms with van der Waals surface area (Å²) in [6.07, 6.45) is 0.0846. The molecule has 7 heteroatoms. The van der Waals surface area contributed by atoms with Gasteiger partial charge in [0.15, 0.2) is 0 Å². The Bertz CT molecular complexity index is 735. The molecule has 22 heavy (non-hydrogen) atoms. The van der Waals surface area contributed by atoms with E-state index in [1.54, 1.807) is 0 Å². The van der Waals surface area contributed by atoms with Crippen molar-refractivity contribution in [3.63, 3.8) is 0 Å². The van der Waals surface area contributed by atoms with Gasteiger partial charge in [0.05, 0.1) is 11.8 Å². The van der Waals surface area contributed by atoms with Crippen molar-refractivity contribution in [3.8, 4) is 17.0 Å². The van der Waals surface area contributed by atoms with Crippen molar-refractivity contribution in [2.24, 2.45) is 12.9 Å². The van der Waals surface area contributed by atoms with E-state index in [1.165, 1.54) is 13.1 Å². The Morgan fingerprint density at radius 1 is 1.32 bits per heavy atom. The van der Waals surface area contributed by atoms with Gasteiger partial charge < -0.3 is 4.74 Å². The molecule has 0 saturated carbocycles. The zero-order valence-electron chi connectivity index (χ0n) is 12.7. The molecule has 0 aliphatic carbocycles. The van der Waals surface area contributed by atoms with Crippen LogP contribution >= 0.6 is 0 Å². The third kappa shape index (κ3) is 3.32. The van der Waals surface area contributed by atoms with Crippen molar-refractivity contribution in [2.75, 3.05) is 0 Å². The summed E-state index contributed by atoms with van der Waals surface area (Å²) >= 11 is 0. The fourth-order valence-electron chi connectivity index (χ4n) is 1.97. The van der Waals surface area contributed by atoms with Crippen LogP contribution in [0.2, 0.25) is 0 Å². The summed E-state index contributed by atoms with van der Waals surface area (Å²) in [6.45, 7) is 3.89. The molecular weight excluding hydrogens is 284 g/mol. The predicted octanol–water partition coefficient (Wildman–Crippen LogP) is 0.838. The molecule has 1 amide bonds. The average Bonchev–Trinajstić information content (AvgIpc) is 2.49. The first-order valence-electron chi connectivity index (χ1n) is 6.78. The number of nitrogens with one attached hydrogen (secondary N) is 1. The highest BCUT2D eigenvalue weighted by Gasteiger charge is 2.14. The van der Waals surface area contributed by atoms with E-state index < -0.39 is 11.5 Å². The van der Waals surface area contributed by atoms with E-state index in [-0.39, 0.29) is 11.7 Å². The van der Waals surface area contributed by atoms with Gasteiger partial charge in [-0.05, 0) is 44.2 Å². The van der Waals surface area contributed by atoms with Crippen LogP contribution in [-0.2, 0) is 7.05 Å².